The monoisotopic (exact) mass is 264 g/mol. The lowest BCUT2D eigenvalue weighted by atomic mass is 9.69. The molecule has 0 bridgehead atoms. The van der Waals surface area contributed by atoms with E-state index in [1.807, 2.05) is 0 Å². The van der Waals surface area contributed by atoms with E-state index in [0.717, 1.165) is 19.3 Å². The molecule has 0 aliphatic heterocycles. The number of hydrogen-bond acceptors (Lipinski definition) is 3. The van der Waals surface area contributed by atoms with E-state index in [-0.39, 0.29) is 5.75 Å². The Balaban J connectivity index is 2.59. The van der Waals surface area contributed by atoms with Gasteiger partial charge in [0, 0.05) is 5.56 Å². The average molecular weight is 264 g/mol. The van der Waals surface area contributed by atoms with Crippen molar-refractivity contribution in [2.24, 2.45) is 0 Å². The van der Waals surface area contributed by atoms with E-state index in [1.165, 1.54) is 7.11 Å². The molecule has 1 aromatic rings. The lowest BCUT2D eigenvalue weighted by molar-refractivity contribution is -0.145. The molecule has 0 aromatic heterocycles. The fourth-order valence-corrected chi connectivity index (χ4v) is 2.97. The molecular weight excluding hydrogens is 244 g/mol. The largest absolute Gasteiger partial charge is 0.508 e. The van der Waals surface area contributed by atoms with Gasteiger partial charge in [0.25, 0.3) is 0 Å². The Labute approximate surface area is 113 Å². The fourth-order valence-electron chi connectivity index (χ4n) is 2.97. The van der Waals surface area contributed by atoms with Crippen molar-refractivity contribution < 1.29 is 19.7 Å². The predicted octanol–water partition coefficient (Wildman–Crippen LogP) is 3.00. The summed E-state index contributed by atoms with van der Waals surface area (Å²) in [6, 6.07) is 3.28. The molecule has 1 fully saturated rings. The van der Waals surface area contributed by atoms with Gasteiger partial charge in [0.15, 0.2) is 0 Å². The minimum Gasteiger partial charge on any atom is -0.508 e. The average Bonchev–Trinajstić information content (AvgIpc) is 2.42. The normalized spacial score (nSPS) is 18.0. The van der Waals surface area contributed by atoms with E-state index < -0.39 is 11.4 Å². The lowest BCUT2D eigenvalue weighted by Gasteiger charge is -2.34. The van der Waals surface area contributed by atoms with E-state index in [4.69, 9.17) is 4.74 Å². The third-order valence-electron chi connectivity index (χ3n) is 4.15. The second-order valence-corrected chi connectivity index (χ2v) is 5.29. The first-order valence-electron chi connectivity index (χ1n) is 6.63. The Hall–Kier alpha value is -1.71. The van der Waals surface area contributed by atoms with Crippen LogP contribution < -0.4 is 4.74 Å². The SMILES string of the molecule is COc1cc(C)c(O)cc1C1(C(=O)O)CCCCC1. The van der Waals surface area contributed by atoms with Gasteiger partial charge in [-0.15, -0.1) is 0 Å². The van der Waals surface area contributed by atoms with Gasteiger partial charge in [-0.3, -0.25) is 4.79 Å². The molecule has 19 heavy (non-hydrogen) atoms. The molecule has 1 aromatic carbocycles. The third-order valence-corrected chi connectivity index (χ3v) is 4.15. The minimum absolute atomic E-state index is 0.127. The number of aliphatic carboxylic acids is 1. The van der Waals surface area contributed by atoms with Crippen LogP contribution in [0.1, 0.15) is 43.2 Å². The first kappa shape index (κ1) is 13.7. The molecule has 4 heteroatoms. The number of rotatable bonds is 3. The van der Waals surface area contributed by atoms with Crippen LogP contribution in [0.5, 0.6) is 11.5 Å². The van der Waals surface area contributed by atoms with Crippen molar-refractivity contribution in [2.75, 3.05) is 7.11 Å². The third kappa shape index (κ3) is 2.27. The lowest BCUT2D eigenvalue weighted by Crippen LogP contribution is -2.38. The van der Waals surface area contributed by atoms with Crippen LogP contribution in [-0.2, 0) is 10.2 Å². The quantitative estimate of drug-likeness (QED) is 0.880. The van der Waals surface area contributed by atoms with Gasteiger partial charge in [-0.25, -0.2) is 0 Å². The van der Waals surface area contributed by atoms with Crippen LogP contribution in [0.3, 0.4) is 0 Å². The fraction of sp³-hybridized carbons (Fsp3) is 0.533. The van der Waals surface area contributed by atoms with Gasteiger partial charge in [-0.1, -0.05) is 19.3 Å². The number of ether oxygens (including phenoxy) is 1. The number of carboxylic acid groups (broad SMARTS) is 1. The summed E-state index contributed by atoms with van der Waals surface area (Å²) in [5, 5.41) is 19.6. The number of phenolic OH excluding ortho intramolecular Hbond substituents is 1. The summed E-state index contributed by atoms with van der Waals surface area (Å²) in [7, 11) is 1.54. The summed E-state index contributed by atoms with van der Waals surface area (Å²) in [5.41, 5.74) is 0.372. The maximum absolute atomic E-state index is 11.8. The highest BCUT2D eigenvalue weighted by Crippen LogP contribution is 2.45. The Kier molecular flexibility index (Phi) is 3.69. The van der Waals surface area contributed by atoms with Crippen molar-refractivity contribution in [1.82, 2.24) is 0 Å². The number of phenols is 1. The Morgan fingerprint density at radius 3 is 2.42 bits per heavy atom. The summed E-state index contributed by atoms with van der Waals surface area (Å²) in [5.74, 6) is -0.143. The Bertz CT molecular complexity index is 487. The maximum atomic E-state index is 11.8. The number of aromatic hydroxyl groups is 1. The minimum atomic E-state index is -0.922. The van der Waals surface area contributed by atoms with Crippen LogP contribution in [0.25, 0.3) is 0 Å². The molecule has 1 aliphatic rings. The summed E-state index contributed by atoms with van der Waals surface area (Å²) >= 11 is 0. The first-order chi connectivity index (χ1) is 9.01. The standard InChI is InChI=1S/C15H20O4/c1-10-8-13(19-2)11(9-12(10)16)15(14(17)18)6-4-3-5-7-15/h8-9,16H,3-7H2,1-2H3,(H,17,18). The van der Waals surface area contributed by atoms with Crippen molar-refractivity contribution in [1.29, 1.82) is 0 Å². The molecular formula is C15H20O4. The van der Waals surface area contributed by atoms with Crippen LogP contribution >= 0.6 is 0 Å². The van der Waals surface area contributed by atoms with Gasteiger partial charge >= 0.3 is 5.97 Å². The molecule has 0 atom stereocenters. The molecule has 0 radical (unpaired) electrons. The van der Waals surface area contributed by atoms with Crippen molar-refractivity contribution in [2.45, 2.75) is 44.4 Å². The molecule has 2 N–H and O–H groups in total. The number of hydrogen-bond donors (Lipinski definition) is 2. The van der Waals surface area contributed by atoms with Crippen molar-refractivity contribution in [3.05, 3.63) is 23.3 Å². The highest BCUT2D eigenvalue weighted by Gasteiger charge is 2.43. The van der Waals surface area contributed by atoms with Crippen molar-refractivity contribution in [3.63, 3.8) is 0 Å². The van der Waals surface area contributed by atoms with E-state index >= 15 is 0 Å². The van der Waals surface area contributed by atoms with Crippen molar-refractivity contribution >= 4 is 5.97 Å². The van der Waals surface area contributed by atoms with Gasteiger partial charge in [-0.2, -0.15) is 0 Å². The zero-order valence-corrected chi connectivity index (χ0v) is 11.4. The van der Waals surface area contributed by atoms with Crippen LogP contribution in [0.4, 0.5) is 0 Å². The van der Waals surface area contributed by atoms with Crippen molar-refractivity contribution in [3.8, 4) is 11.5 Å². The van der Waals surface area contributed by atoms with Gasteiger partial charge < -0.3 is 14.9 Å². The molecule has 1 saturated carbocycles. The molecule has 0 saturated heterocycles. The van der Waals surface area contributed by atoms with Crippen LogP contribution in [0.2, 0.25) is 0 Å². The second-order valence-electron chi connectivity index (χ2n) is 5.29. The highest BCUT2D eigenvalue weighted by atomic mass is 16.5. The van der Waals surface area contributed by atoms with E-state index in [1.54, 1.807) is 19.1 Å². The smallest absolute Gasteiger partial charge is 0.314 e. The Morgan fingerprint density at radius 1 is 1.26 bits per heavy atom. The Morgan fingerprint density at radius 2 is 1.89 bits per heavy atom. The topological polar surface area (TPSA) is 66.8 Å². The summed E-state index contributed by atoms with van der Waals surface area (Å²) in [6.07, 6.45) is 4.05. The molecule has 0 spiro atoms. The zero-order valence-electron chi connectivity index (χ0n) is 11.4. The molecule has 4 nitrogen and oxygen atoms in total. The second kappa shape index (κ2) is 5.11. The number of aryl methyl sites for hydroxylation is 1. The van der Waals surface area contributed by atoms with E-state index in [0.29, 0.717) is 29.7 Å². The number of methoxy groups -OCH3 is 1. The predicted molar refractivity (Wildman–Crippen MR) is 71.8 cm³/mol. The molecule has 104 valence electrons. The number of benzene rings is 1. The van der Waals surface area contributed by atoms with Gasteiger partial charge in [0.05, 0.1) is 12.5 Å². The van der Waals surface area contributed by atoms with E-state index in [9.17, 15) is 15.0 Å². The van der Waals surface area contributed by atoms with Gasteiger partial charge in [0.1, 0.15) is 11.5 Å². The van der Waals surface area contributed by atoms with Crippen LogP contribution in [0.15, 0.2) is 12.1 Å². The molecule has 2 rings (SSSR count). The van der Waals surface area contributed by atoms with E-state index in [2.05, 4.69) is 0 Å². The van der Waals surface area contributed by atoms with Gasteiger partial charge in [0.2, 0.25) is 0 Å². The zero-order chi connectivity index (χ0) is 14.0. The highest BCUT2D eigenvalue weighted by molar-refractivity contribution is 5.83. The molecule has 1 aliphatic carbocycles. The van der Waals surface area contributed by atoms with Crippen LogP contribution in [-0.4, -0.2) is 23.3 Å². The molecule has 0 heterocycles. The van der Waals surface area contributed by atoms with Gasteiger partial charge in [-0.05, 0) is 37.5 Å². The summed E-state index contributed by atoms with van der Waals surface area (Å²) in [6.45, 7) is 1.77. The first-order valence-corrected chi connectivity index (χ1v) is 6.63. The summed E-state index contributed by atoms with van der Waals surface area (Å²) in [4.78, 5) is 11.8. The summed E-state index contributed by atoms with van der Waals surface area (Å²) < 4.78 is 5.34. The molecule has 0 amide bonds. The number of carboxylic acids is 1. The molecule has 0 unspecified atom stereocenters. The number of carbonyl (C=O) groups is 1. The van der Waals surface area contributed by atoms with Crippen LogP contribution in [0, 0.1) is 6.92 Å². The maximum Gasteiger partial charge on any atom is 0.314 e.